The molecule has 0 saturated heterocycles. The van der Waals surface area contributed by atoms with Crippen LogP contribution < -0.4 is 5.32 Å². The molecule has 1 aromatic rings. The number of aromatic hydroxyl groups is 1. The van der Waals surface area contributed by atoms with Gasteiger partial charge in [0, 0.05) is 6.42 Å². The van der Waals surface area contributed by atoms with Gasteiger partial charge in [-0.3, -0.25) is 4.79 Å². The summed E-state index contributed by atoms with van der Waals surface area (Å²) in [5, 5.41) is 12.2. The molecule has 0 heterocycles. The number of rotatable bonds is 4. The summed E-state index contributed by atoms with van der Waals surface area (Å²) in [7, 11) is 0. The molecule has 80 valence electrons. The van der Waals surface area contributed by atoms with Gasteiger partial charge in [-0.25, -0.2) is 0 Å². The average Bonchev–Trinajstić information content (AvgIpc) is 2.19. The van der Waals surface area contributed by atoms with Crippen LogP contribution in [0.25, 0.3) is 0 Å². The fraction of sp³-hybridized carbons (Fsp3) is 0.250. The van der Waals surface area contributed by atoms with Gasteiger partial charge in [-0.15, -0.1) is 6.58 Å². The topological polar surface area (TPSA) is 49.3 Å². The zero-order chi connectivity index (χ0) is 11.3. The Balaban J connectivity index is 2.64. The molecule has 3 heteroatoms. The predicted octanol–water partition coefficient (Wildman–Crippen LogP) is 2.61. The second-order valence-corrected chi connectivity index (χ2v) is 3.40. The van der Waals surface area contributed by atoms with E-state index >= 15 is 0 Å². The maximum Gasteiger partial charge on any atom is 0.224 e. The standard InChI is InChI=1S/C12H15NO2/c1-3-4-5-12(15)13-10-7-6-9(2)8-11(10)14/h3,6-8,14H,1,4-5H2,2H3,(H,13,15). The van der Waals surface area contributed by atoms with E-state index in [0.717, 1.165) is 5.56 Å². The third kappa shape index (κ3) is 3.46. The van der Waals surface area contributed by atoms with Crippen molar-refractivity contribution in [2.45, 2.75) is 19.8 Å². The lowest BCUT2D eigenvalue weighted by Gasteiger charge is -2.06. The van der Waals surface area contributed by atoms with E-state index in [1.54, 1.807) is 18.2 Å². The van der Waals surface area contributed by atoms with Crippen molar-refractivity contribution < 1.29 is 9.90 Å². The Morgan fingerprint density at radius 3 is 2.93 bits per heavy atom. The third-order valence-electron chi connectivity index (χ3n) is 2.00. The Morgan fingerprint density at radius 2 is 2.33 bits per heavy atom. The van der Waals surface area contributed by atoms with Crippen molar-refractivity contribution in [2.75, 3.05) is 5.32 Å². The molecular formula is C12H15NO2. The number of aryl methyl sites for hydroxylation is 1. The first-order valence-corrected chi connectivity index (χ1v) is 4.84. The molecule has 1 amide bonds. The molecule has 0 aliphatic heterocycles. The van der Waals surface area contributed by atoms with E-state index in [-0.39, 0.29) is 11.7 Å². The fourth-order valence-corrected chi connectivity index (χ4v) is 1.19. The summed E-state index contributed by atoms with van der Waals surface area (Å²) < 4.78 is 0. The molecule has 0 radical (unpaired) electrons. The minimum Gasteiger partial charge on any atom is -0.506 e. The molecule has 0 saturated carbocycles. The van der Waals surface area contributed by atoms with Crippen LogP contribution in [0.5, 0.6) is 5.75 Å². The van der Waals surface area contributed by atoms with E-state index in [0.29, 0.717) is 18.5 Å². The number of nitrogens with one attached hydrogen (secondary N) is 1. The summed E-state index contributed by atoms with van der Waals surface area (Å²) in [6, 6.07) is 5.14. The number of hydrogen-bond donors (Lipinski definition) is 2. The van der Waals surface area contributed by atoms with Crippen LogP contribution in [-0.4, -0.2) is 11.0 Å². The maximum atomic E-state index is 11.3. The molecule has 1 aromatic carbocycles. The highest BCUT2D eigenvalue weighted by Crippen LogP contribution is 2.23. The number of phenols is 1. The number of benzene rings is 1. The van der Waals surface area contributed by atoms with Gasteiger partial charge in [-0.1, -0.05) is 12.1 Å². The zero-order valence-corrected chi connectivity index (χ0v) is 8.79. The quantitative estimate of drug-likeness (QED) is 0.586. The van der Waals surface area contributed by atoms with Gasteiger partial charge >= 0.3 is 0 Å². The van der Waals surface area contributed by atoms with E-state index in [2.05, 4.69) is 11.9 Å². The first-order chi connectivity index (χ1) is 7.13. The minimum absolute atomic E-state index is 0.0990. The van der Waals surface area contributed by atoms with Gasteiger partial charge in [0.1, 0.15) is 5.75 Å². The van der Waals surface area contributed by atoms with E-state index in [1.165, 1.54) is 0 Å². The van der Waals surface area contributed by atoms with Crippen molar-refractivity contribution in [1.82, 2.24) is 0 Å². The van der Waals surface area contributed by atoms with Gasteiger partial charge in [-0.2, -0.15) is 0 Å². The monoisotopic (exact) mass is 205 g/mol. The largest absolute Gasteiger partial charge is 0.506 e. The van der Waals surface area contributed by atoms with Crippen LogP contribution in [0.15, 0.2) is 30.9 Å². The lowest BCUT2D eigenvalue weighted by atomic mass is 10.2. The first kappa shape index (κ1) is 11.3. The SMILES string of the molecule is C=CCCC(=O)Nc1ccc(C)cc1O. The van der Waals surface area contributed by atoms with Crippen molar-refractivity contribution in [2.24, 2.45) is 0 Å². The molecule has 15 heavy (non-hydrogen) atoms. The Labute approximate surface area is 89.4 Å². The number of carbonyl (C=O) groups excluding carboxylic acids is 1. The van der Waals surface area contributed by atoms with Crippen LogP contribution in [0.2, 0.25) is 0 Å². The number of hydrogen-bond acceptors (Lipinski definition) is 2. The van der Waals surface area contributed by atoms with Crippen LogP contribution in [-0.2, 0) is 4.79 Å². The second kappa shape index (κ2) is 5.20. The summed E-state index contributed by atoms with van der Waals surface area (Å²) in [5.74, 6) is -0.0176. The minimum atomic E-state index is -0.117. The van der Waals surface area contributed by atoms with Gasteiger partial charge in [0.05, 0.1) is 5.69 Å². The Kier molecular flexibility index (Phi) is 3.92. The van der Waals surface area contributed by atoms with Gasteiger partial charge in [0.2, 0.25) is 5.91 Å². The van der Waals surface area contributed by atoms with Crippen LogP contribution in [0.3, 0.4) is 0 Å². The van der Waals surface area contributed by atoms with Crippen molar-refractivity contribution >= 4 is 11.6 Å². The second-order valence-electron chi connectivity index (χ2n) is 3.40. The molecule has 0 unspecified atom stereocenters. The lowest BCUT2D eigenvalue weighted by molar-refractivity contribution is -0.116. The van der Waals surface area contributed by atoms with Crippen molar-refractivity contribution in [1.29, 1.82) is 0 Å². The van der Waals surface area contributed by atoms with E-state index in [4.69, 9.17) is 0 Å². The molecule has 0 aliphatic rings. The van der Waals surface area contributed by atoms with Crippen LogP contribution in [0.4, 0.5) is 5.69 Å². The molecule has 2 N–H and O–H groups in total. The van der Waals surface area contributed by atoms with Gasteiger partial charge in [0.15, 0.2) is 0 Å². The van der Waals surface area contributed by atoms with E-state index in [9.17, 15) is 9.90 Å². The molecule has 0 fully saturated rings. The summed E-state index contributed by atoms with van der Waals surface area (Å²) in [6.07, 6.45) is 2.71. The summed E-state index contributed by atoms with van der Waals surface area (Å²) in [5.41, 5.74) is 1.41. The van der Waals surface area contributed by atoms with Crippen molar-refractivity contribution in [3.63, 3.8) is 0 Å². The number of allylic oxidation sites excluding steroid dienone is 1. The lowest BCUT2D eigenvalue weighted by Crippen LogP contribution is -2.10. The third-order valence-corrected chi connectivity index (χ3v) is 2.00. The number of amides is 1. The summed E-state index contributed by atoms with van der Waals surface area (Å²) in [4.78, 5) is 11.3. The maximum absolute atomic E-state index is 11.3. The highest BCUT2D eigenvalue weighted by atomic mass is 16.3. The number of carbonyl (C=O) groups is 1. The Bertz CT molecular complexity index is 372. The smallest absolute Gasteiger partial charge is 0.224 e. The van der Waals surface area contributed by atoms with Gasteiger partial charge in [0.25, 0.3) is 0 Å². The van der Waals surface area contributed by atoms with Crippen LogP contribution in [0.1, 0.15) is 18.4 Å². The average molecular weight is 205 g/mol. The molecule has 0 spiro atoms. The first-order valence-electron chi connectivity index (χ1n) is 4.84. The van der Waals surface area contributed by atoms with Crippen molar-refractivity contribution in [3.8, 4) is 5.75 Å². The molecular weight excluding hydrogens is 190 g/mol. The molecule has 3 nitrogen and oxygen atoms in total. The van der Waals surface area contributed by atoms with E-state index in [1.807, 2.05) is 13.0 Å². The summed E-state index contributed by atoms with van der Waals surface area (Å²) >= 11 is 0. The highest BCUT2D eigenvalue weighted by Gasteiger charge is 2.05. The number of anilines is 1. The van der Waals surface area contributed by atoms with Gasteiger partial charge in [-0.05, 0) is 31.0 Å². The van der Waals surface area contributed by atoms with Crippen molar-refractivity contribution in [3.05, 3.63) is 36.4 Å². The van der Waals surface area contributed by atoms with Gasteiger partial charge < -0.3 is 10.4 Å². The highest BCUT2D eigenvalue weighted by molar-refractivity contribution is 5.92. The normalized spacial score (nSPS) is 9.67. The molecule has 0 bridgehead atoms. The fourth-order valence-electron chi connectivity index (χ4n) is 1.19. The number of phenolic OH excluding ortho intramolecular Hbond substituents is 1. The van der Waals surface area contributed by atoms with Crippen LogP contribution in [0, 0.1) is 6.92 Å². The predicted molar refractivity (Wildman–Crippen MR) is 60.9 cm³/mol. The van der Waals surface area contributed by atoms with Crippen LogP contribution >= 0.6 is 0 Å². The zero-order valence-electron chi connectivity index (χ0n) is 8.79. The Hall–Kier alpha value is -1.77. The van der Waals surface area contributed by atoms with E-state index < -0.39 is 0 Å². The molecule has 0 aromatic heterocycles. The molecule has 0 atom stereocenters. The Morgan fingerprint density at radius 1 is 1.60 bits per heavy atom. The summed E-state index contributed by atoms with van der Waals surface area (Å²) in [6.45, 7) is 5.42. The molecule has 1 rings (SSSR count). The molecule has 0 aliphatic carbocycles.